The summed E-state index contributed by atoms with van der Waals surface area (Å²) in [6, 6.07) is 6.32. The fourth-order valence-corrected chi connectivity index (χ4v) is 2.61. The number of hydrazine groups is 1. The first-order valence-corrected chi connectivity index (χ1v) is 7.67. The molecular weight excluding hydrogens is 300 g/mol. The third-order valence-corrected chi connectivity index (χ3v) is 3.75. The molecule has 1 aromatic rings. The zero-order valence-electron chi connectivity index (χ0n) is 10.2. The van der Waals surface area contributed by atoms with E-state index in [2.05, 4.69) is 33.7 Å². The zero-order valence-corrected chi connectivity index (χ0v) is 12.6. The van der Waals surface area contributed by atoms with Gasteiger partial charge in [0, 0.05) is 10.5 Å². The Labute approximate surface area is 116 Å². The predicted octanol–water partition coefficient (Wildman–Crippen LogP) is 2.59. The molecule has 0 heterocycles. The molecule has 0 aliphatic heterocycles. The van der Waals surface area contributed by atoms with Crippen molar-refractivity contribution in [2.75, 3.05) is 19.1 Å². The first kappa shape index (κ1) is 14.8. The molecule has 0 amide bonds. The molecule has 1 unspecified atom stereocenters. The van der Waals surface area contributed by atoms with Gasteiger partial charge in [-0.2, -0.15) is 11.8 Å². The summed E-state index contributed by atoms with van der Waals surface area (Å²) in [5, 5.41) is 0. The van der Waals surface area contributed by atoms with Crippen LogP contribution >= 0.6 is 27.7 Å². The summed E-state index contributed by atoms with van der Waals surface area (Å²) in [6.07, 6.45) is 4.03. The van der Waals surface area contributed by atoms with E-state index in [0.29, 0.717) is 0 Å². The summed E-state index contributed by atoms with van der Waals surface area (Å²) in [7, 11) is 1.69. The van der Waals surface area contributed by atoms with Gasteiger partial charge in [-0.1, -0.05) is 15.9 Å². The van der Waals surface area contributed by atoms with Gasteiger partial charge in [0.2, 0.25) is 0 Å². The monoisotopic (exact) mass is 318 g/mol. The van der Waals surface area contributed by atoms with E-state index in [4.69, 9.17) is 10.6 Å². The predicted molar refractivity (Wildman–Crippen MR) is 78.5 cm³/mol. The number of ether oxygens (including phenoxy) is 1. The first-order chi connectivity index (χ1) is 8.21. The topological polar surface area (TPSA) is 47.3 Å². The fourth-order valence-electron chi connectivity index (χ4n) is 1.68. The van der Waals surface area contributed by atoms with Crippen molar-refractivity contribution in [2.45, 2.75) is 18.9 Å². The van der Waals surface area contributed by atoms with Gasteiger partial charge in [-0.3, -0.25) is 11.3 Å². The molecule has 1 rings (SSSR count). The Balaban J connectivity index is 2.73. The van der Waals surface area contributed by atoms with Crippen LogP contribution < -0.4 is 16.0 Å². The molecule has 0 saturated carbocycles. The highest BCUT2D eigenvalue weighted by Crippen LogP contribution is 2.24. The Hall–Kier alpha value is -0.230. The van der Waals surface area contributed by atoms with E-state index in [1.807, 2.05) is 23.9 Å². The highest BCUT2D eigenvalue weighted by Gasteiger charge is 2.11. The lowest BCUT2D eigenvalue weighted by atomic mass is 10.0. The molecule has 0 aromatic heterocycles. The van der Waals surface area contributed by atoms with Crippen molar-refractivity contribution in [1.29, 1.82) is 0 Å². The molecule has 0 bridgehead atoms. The van der Waals surface area contributed by atoms with E-state index in [-0.39, 0.29) is 6.04 Å². The van der Waals surface area contributed by atoms with Crippen LogP contribution in [-0.4, -0.2) is 25.2 Å². The van der Waals surface area contributed by atoms with Gasteiger partial charge >= 0.3 is 0 Å². The Morgan fingerprint density at radius 3 is 2.88 bits per heavy atom. The molecule has 5 heteroatoms. The SMILES string of the molecule is COc1ccc(Br)cc1CC(CCSC)NN. The molecule has 96 valence electrons. The second-order valence-electron chi connectivity index (χ2n) is 3.81. The number of hydrogen-bond acceptors (Lipinski definition) is 4. The number of rotatable bonds is 7. The normalized spacial score (nSPS) is 12.5. The maximum atomic E-state index is 5.58. The zero-order chi connectivity index (χ0) is 12.7. The summed E-state index contributed by atoms with van der Waals surface area (Å²) in [5.41, 5.74) is 4.04. The van der Waals surface area contributed by atoms with Crippen molar-refractivity contribution >= 4 is 27.7 Å². The van der Waals surface area contributed by atoms with E-state index in [1.54, 1.807) is 7.11 Å². The number of methoxy groups -OCH3 is 1. The van der Waals surface area contributed by atoms with Crippen LogP contribution in [0.3, 0.4) is 0 Å². The van der Waals surface area contributed by atoms with Crippen molar-refractivity contribution in [3.63, 3.8) is 0 Å². The number of hydrogen-bond donors (Lipinski definition) is 2. The Bertz CT molecular complexity index is 349. The lowest BCUT2D eigenvalue weighted by molar-refractivity contribution is 0.404. The number of nitrogens with one attached hydrogen (secondary N) is 1. The standard InChI is InChI=1S/C12H19BrN2OS/c1-16-12-4-3-10(13)7-9(12)8-11(15-14)5-6-17-2/h3-4,7,11,15H,5-6,8,14H2,1-2H3. The van der Waals surface area contributed by atoms with Crippen molar-refractivity contribution in [3.05, 3.63) is 28.2 Å². The molecule has 3 N–H and O–H groups in total. The van der Waals surface area contributed by atoms with Gasteiger partial charge < -0.3 is 4.74 Å². The first-order valence-electron chi connectivity index (χ1n) is 5.48. The van der Waals surface area contributed by atoms with Gasteiger partial charge in [-0.05, 0) is 48.6 Å². The highest BCUT2D eigenvalue weighted by atomic mass is 79.9. The summed E-state index contributed by atoms with van der Waals surface area (Å²) in [5.74, 6) is 7.60. The van der Waals surface area contributed by atoms with Gasteiger partial charge in [-0.15, -0.1) is 0 Å². The van der Waals surface area contributed by atoms with Crippen LogP contribution in [0.1, 0.15) is 12.0 Å². The minimum absolute atomic E-state index is 0.283. The lowest BCUT2D eigenvalue weighted by Gasteiger charge is -2.17. The summed E-state index contributed by atoms with van der Waals surface area (Å²) in [6.45, 7) is 0. The van der Waals surface area contributed by atoms with Crippen molar-refractivity contribution in [3.8, 4) is 5.75 Å². The summed E-state index contributed by atoms with van der Waals surface area (Å²) >= 11 is 5.31. The molecule has 0 saturated heterocycles. The number of halogens is 1. The van der Waals surface area contributed by atoms with E-state index >= 15 is 0 Å². The maximum Gasteiger partial charge on any atom is 0.122 e. The smallest absolute Gasteiger partial charge is 0.122 e. The van der Waals surface area contributed by atoms with Gasteiger partial charge in [0.15, 0.2) is 0 Å². The Kier molecular flexibility index (Phi) is 6.96. The van der Waals surface area contributed by atoms with Crippen molar-refractivity contribution < 1.29 is 4.74 Å². The maximum absolute atomic E-state index is 5.58. The van der Waals surface area contributed by atoms with Crippen LogP contribution in [0.5, 0.6) is 5.75 Å². The van der Waals surface area contributed by atoms with Crippen LogP contribution in [0, 0.1) is 0 Å². The second kappa shape index (κ2) is 7.97. The molecular formula is C12H19BrN2OS. The number of thioether (sulfide) groups is 1. The molecule has 1 atom stereocenters. The molecule has 0 fully saturated rings. The largest absolute Gasteiger partial charge is 0.496 e. The quantitative estimate of drug-likeness (QED) is 0.599. The van der Waals surface area contributed by atoms with Crippen LogP contribution in [-0.2, 0) is 6.42 Å². The Morgan fingerprint density at radius 1 is 1.53 bits per heavy atom. The fraction of sp³-hybridized carbons (Fsp3) is 0.500. The summed E-state index contributed by atoms with van der Waals surface area (Å²) in [4.78, 5) is 0. The third kappa shape index (κ3) is 4.87. The third-order valence-electron chi connectivity index (χ3n) is 2.61. The van der Waals surface area contributed by atoms with Crippen LogP contribution in [0.15, 0.2) is 22.7 Å². The van der Waals surface area contributed by atoms with Crippen LogP contribution in [0.2, 0.25) is 0 Å². The Morgan fingerprint density at radius 2 is 2.29 bits per heavy atom. The average molecular weight is 319 g/mol. The van der Waals surface area contributed by atoms with E-state index in [9.17, 15) is 0 Å². The van der Waals surface area contributed by atoms with E-state index < -0.39 is 0 Å². The number of nitrogens with two attached hydrogens (primary N) is 1. The van der Waals surface area contributed by atoms with Gasteiger partial charge in [0.1, 0.15) is 5.75 Å². The minimum atomic E-state index is 0.283. The van der Waals surface area contributed by atoms with Gasteiger partial charge in [0.25, 0.3) is 0 Å². The lowest BCUT2D eigenvalue weighted by Crippen LogP contribution is -2.37. The van der Waals surface area contributed by atoms with Gasteiger partial charge in [-0.25, -0.2) is 0 Å². The molecule has 0 aliphatic carbocycles. The van der Waals surface area contributed by atoms with Crippen LogP contribution in [0.4, 0.5) is 0 Å². The van der Waals surface area contributed by atoms with Crippen molar-refractivity contribution in [2.24, 2.45) is 5.84 Å². The van der Waals surface area contributed by atoms with Gasteiger partial charge in [0.05, 0.1) is 7.11 Å². The summed E-state index contributed by atoms with van der Waals surface area (Å²) < 4.78 is 6.42. The molecule has 0 radical (unpaired) electrons. The molecule has 0 spiro atoms. The molecule has 1 aromatic carbocycles. The van der Waals surface area contributed by atoms with Crippen molar-refractivity contribution in [1.82, 2.24) is 5.43 Å². The molecule has 3 nitrogen and oxygen atoms in total. The highest BCUT2D eigenvalue weighted by molar-refractivity contribution is 9.10. The minimum Gasteiger partial charge on any atom is -0.496 e. The molecule has 17 heavy (non-hydrogen) atoms. The average Bonchev–Trinajstić information content (AvgIpc) is 2.34. The number of benzene rings is 1. The van der Waals surface area contributed by atoms with Crippen LogP contribution in [0.25, 0.3) is 0 Å². The second-order valence-corrected chi connectivity index (χ2v) is 5.71. The van der Waals surface area contributed by atoms with E-state index in [0.717, 1.165) is 28.8 Å². The van der Waals surface area contributed by atoms with E-state index in [1.165, 1.54) is 5.56 Å². The molecule has 0 aliphatic rings.